The highest BCUT2D eigenvalue weighted by atomic mass is 16.5. The van der Waals surface area contributed by atoms with Crippen molar-refractivity contribution in [2.24, 2.45) is 17.8 Å². The van der Waals surface area contributed by atoms with Crippen LogP contribution in [-0.4, -0.2) is 43.2 Å². The van der Waals surface area contributed by atoms with Gasteiger partial charge in [-0.2, -0.15) is 0 Å². The van der Waals surface area contributed by atoms with Crippen LogP contribution < -0.4 is 0 Å². The maximum Gasteiger partial charge on any atom is 0.309 e. The SMILES string of the molecule is CC[N+](CC)(CC)CCOC(=O)C(C1CCCCC1)C1CCCCC1. The van der Waals surface area contributed by atoms with Crippen molar-refractivity contribution in [3.05, 3.63) is 0 Å². The first-order chi connectivity index (χ1) is 12.2. The molecule has 2 aliphatic carbocycles. The minimum absolute atomic E-state index is 0.139. The molecule has 2 aliphatic rings. The third kappa shape index (κ3) is 5.70. The Bertz CT molecular complexity index is 353. The van der Waals surface area contributed by atoms with Gasteiger partial charge in [0, 0.05) is 0 Å². The van der Waals surface area contributed by atoms with Gasteiger partial charge in [-0.05, 0) is 58.3 Å². The van der Waals surface area contributed by atoms with Crippen LogP contribution in [0, 0.1) is 17.8 Å². The molecule has 0 saturated heterocycles. The number of likely N-dealkylation sites (N-methyl/N-ethyl adjacent to an activating group) is 1. The van der Waals surface area contributed by atoms with Crippen molar-refractivity contribution in [1.29, 1.82) is 0 Å². The van der Waals surface area contributed by atoms with Gasteiger partial charge in [0.1, 0.15) is 13.2 Å². The number of quaternary nitrogens is 1. The molecule has 0 aromatic rings. The zero-order chi connectivity index (χ0) is 18.1. The summed E-state index contributed by atoms with van der Waals surface area (Å²) >= 11 is 0. The third-order valence-corrected chi connectivity index (χ3v) is 7.41. The van der Waals surface area contributed by atoms with Crippen LogP contribution in [0.4, 0.5) is 0 Å². The summed E-state index contributed by atoms with van der Waals surface area (Å²) in [4.78, 5) is 13.1. The molecule has 0 bridgehead atoms. The molecule has 0 radical (unpaired) electrons. The molecule has 3 nitrogen and oxygen atoms in total. The molecular formula is C22H42NO2+. The Hall–Kier alpha value is -0.570. The zero-order valence-corrected chi connectivity index (χ0v) is 17.1. The van der Waals surface area contributed by atoms with Crippen molar-refractivity contribution in [2.75, 3.05) is 32.8 Å². The first-order valence-corrected chi connectivity index (χ1v) is 11.2. The number of esters is 1. The molecule has 0 aliphatic heterocycles. The van der Waals surface area contributed by atoms with Crippen LogP contribution in [0.25, 0.3) is 0 Å². The number of nitrogens with zero attached hydrogens (tertiary/aromatic N) is 1. The normalized spacial score (nSPS) is 20.8. The van der Waals surface area contributed by atoms with Crippen LogP contribution in [0.5, 0.6) is 0 Å². The fraction of sp³-hybridized carbons (Fsp3) is 0.955. The largest absolute Gasteiger partial charge is 0.459 e. The van der Waals surface area contributed by atoms with E-state index < -0.39 is 0 Å². The summed E-state index contributed by atoms with van der Waals surface area (Å²) in [5.74, 6) is 1.51. The second kappa shape index (κ2) is 10.5. The third-order valence-electron chi connectivity index (χ3n) is 7.41. The van der Waals surface area contributed by atoms with E-state index in [2.05, 4.69) is 20.8 Å². The van der Waals surface area contributed by atoms with E-state index in [0.29, 0.717) is 18.4 Å². The maximum absolute atomic E-state index is 13.1. The van der Waals surface area contributed by atoms with E-state index in [-0.39, 0.29) is 11.9 Å². The van der Waals surface area contributed by atoms with Crippen LogP contribution in [0.3, 0.4) is 0 Å². The van der Waals surface area contributed by atoms with E-state index in [1.165, 1.54) is 64.2 Å². The topological polar surface area (TPSA) is 26.3 Å². The predicted octanol–water partition coefficient (Wildman–Crippen LogP) is 5.18. The van der Waals surface area contributed by atoms with Crippen LogP contribution in [-0.2, 0) is 9.53 Å². The highest BCUT2D eigenvalue weighted by Crippen LogP contribution is 2.40. The Morgan fingerprint density at radius 3 is 1.68 bits per heavy atom. The van der Waals surface area contributed by atoms with Crippen LogP contribution >= 0.6 is 0 Å². The average molecular weight is 353 g/mol. The van der Waals surface area contributed by atoms with Gasteiger partial charge in [0.2, 0.25) is 0 Å². The highest BCUT2D eigenvalue weighted by molar-refractivity contribution is 5.73. The fourth-order valence-corrected chi connectivity index (χ4v) is 5.34. The zero-order valence-electron chi connectivity index (χ0n) is 17.1. The number of carbonyl (C=O) groups excluding carboxylic acids is 1. The van der Waals surface area contributed by atoms with E-state index >= 15 is 0 Å². The number of ether oxygens (including phenoxy) is 1. The monoisotopic (exact) mass is 352 g/mol. The molecule has 146 valence electrons. The molecule has 0 N–H and O–H groups in total. The van der Waals surface area contributed by atoms with Gasteiger partial charge in [-0.1, -0.05) is 38.5 Å². The number of rotatable bonds is 9. The molecule has 25 heavy (non-hydrogen) atoms. The minimum atomic E-state index is 0.139. The lowest BCUT2D eigenvalue weighted by atomic mass is 9.69. The number of hydrogen-bond donors (Lipinski definition) is 0. The first kappa shape index (κ1) is 20.7. The van der Waals surface area contributed by atoms with Crippen LogP contribution in [0.2, 0.25) is 0 Å². The summed E-state index contributed by atoms with van der Waals surface area (Å²) in [6.45, 7) is 11.7. The smallest absolute Gasteiger partial charge is 0.309 e. The quantitative estimate of drug-likeness (QED) is 0.422. The van der Waals surface area contributed by atoms with Crippen molar-refractivity contribution in [3.63, 3.8) is 0 Å². The lowest BCUT2D eigenvalue weighted by Gasteiger charge is -2.37. The summed E-state index contributed by atoms with van der Waals surface area (Å²) in [6.07, 6.45) is 12.9. The number of hydrogen-bond acceptors (Lipinski definition) is 2. The summed E-state index contributed by atoms with van der Waals surface area (Å²) in [5.41, 5.74) is 0. The summed E-state index contributed by atoms with van der Waals surface area (Å²) in [7, 11) is 0. The second-order valence-electron chi connectivity index (χ2n) is 8.50. The summed E-state index contributed by atoms with van der Waals surface area (Å²) in [5, 5.41) is 0. The van der Waals surface area contributed by atoms with Gasteiger partial charge < -0.3 is 9.22 Å². The van der Waals surface area contributed by atoms with Gasteiger partial charge in [0.05, 0.1) is 25.6 Å². The molecule has 0 amide bonds. The van der Waals surface area contributed by atoms with Gasteiger partial charge in [-0.3, -0.25) is 4.79 Å². The fourth-order valence-electron chi connectivity index (χ4n) is 5.34. The molecule has 0 unspecified atom stereocenters. The van der Waals surface area contributed by atoms with Crippen molar-refractivity contribution in [1.82, 2.24) is 0 Å². The average Bonchev–Trinajstić information content (AvgIpc) is 2.68. The molecule has 2 fully saturated rings. The van der Waals surface area contributed by atoms with Crippen molar-refractivity contribution >= 4 is 5.97 Å². The van der Waals surface area contributed by atoms with E-state index in [1.807, 2.05) is 0 Å². The summed E-state index contributed by atoms with van der Waals surface area (Å²) < 4.78 is 6.98. The molecule has 2 saturated carbocycles. The number of carbonyl (C=O) groups is 1. The summed E-state index contributed by atoms with van der Waals surface area (Å²) in [6, 6.07) is 0. The van der Waals surface area contributed by atoms with E-state index in [0.717, 1.165) is 30.7 Å². The molecule has 0 aromatic carbocycles. The van der Waals surface area contributed by atoms with Gasteiger partial charge in [-0.15, -0.1) is 0 Å². The Labute approximate surface area is 156 Å². The molecule has 0 heterocycles. The van der Waals surface area contributed by atoms with Gasteiger partial charge >= 0.3 is 5.97 Å². The van der Waals surface area contributed by atoms with E-state index in [4.69, 9.17) is 4.74 Å². The van der Waals surface area contributed by atoms with E-state index in [9.17, 15) is 4.79 Å². The lowest BCUT2D eigenvalue weighted by Crippen LogP contribution is -2.50. The van der Waals surface area contributed by atoms with Gasteiger partial charge in [0.25, 0.3) is 0 Å². The molecular weight excluding hydrogens is 310 g/mol. The standard InChI is InChI=1S/C22H42NO2/c1-4-23(5-2,6-3)17-18-25-22(24)21(19-13-9-7-10-14-19)20-15-11-8-12-16-20/h19-21H,4-18H2,1-3H3/q+1. The molecule has 3 heteroatoms. The lowest BCUT2D eigenvalue weighted by molar-refractivity contribution is -0.923. The van der Waals surface area contributed by atoms with Crippen molar-refractivity contribution in [3.8, 4) is 0 Å². The first-order valence-electron chi connectivity index (χ1n) is 11.2. The molecule has 0 atom stereocenters. The minimum Gasteiger partial charge on any atom is -0.459 e. The Kier molecular flexibility index (Phi) is 8.75. The van der Waals surface area contributed by atoms with E-state index in [1.54, 1.807) is 0 Å². The Morgan fingerprint density at radius 1 is 0.840 bits per heavy atom. The highest BCUT2D eigenvalue weighted by Gasteiger charge is 2.37. The molecule has 2 rings (SSSR count). The van der Waals surface area contributed by atoms with Gasteiger partial charge in [0.15, 0.2) is 0 Å². The second-order valence-corrected chi connectivity index (χ2v) is 8.50. The van der Waals surface area contributed by atoms with Crippen molar-refractivity contribution < 1.29 is 14.0 Å². The molecule has 0 spiro atoms. The Morgan fingerprint density at radius 2 is 1.28 bits per heavy atom. The Balaban J connectivity index is 1.94. The van der Waals surface area contributed by atoms with Crippen molar-refractivity contribution in [2.45, 2.75) is 85.0 Å². The molecule has 0 aromatic heterocycles. The van der Waals surface area contributed by atoms with Crippen LogP contribution in [0.1, 0.15) is 85.0 Å². The predicted molar refractivity (Wildman–Crippen MR) is 104 cm³/mol. The van der Waals surface area contributed by atoms with Gasteiger partial charge in [-0.25, -0.2) is 0 Å². The maximum atomic E-state index is 13.1. The van der Waals surface area contributed by atoms with Crippen LogP contribution in [0.15, 0.2) is 0 Å².